The predicted molar refractivity (Wildman–Crippen MR) is 171 cm³/mol. The molecule has 0 radical (unpaired) electrons. The van der Waals surface area contributed by atoms with E-state index in [-0.39, 0.29) is 12.8 Å². The van der Waals surface area contributed by atoms with Crippen molar-refractivity contribution in [1.29, 1.82) is 10.5 Å². The van der Waals surface area contributed by atoms with Crippen LogP contribution in [0, 0.1) is 22.7 Å². The molecule has 2 unspecified atom stereocenters. The Balaban J connectivity index is 1.50. The molecule has 0 fully saturated rings. The van der Waals surface area contributed by atoms with E-state index in [1.165, 1.54) is 0 Å². The Hall–Kier alpha value is -5.20. The molecule has 4 aromatic rings. The highest BCUT2D eigenvalue weighted by Gasteiger charge is 2.48. The number of allylic oxidation sites excluding steroid dienone is 4. The zero-order valence-electron chi connectivity index (χ0n) is 24.6. The van der Waals surface area contributed by atoms with Crippen LogP contribution in [0.4, 0.5) is 11.4 Å². The van der Waals surface area contributed by atoms with Crippen molar-refractivity contribution in [3.8, 4) is 12.1 Å². The summed E-state index contributed by atoms with van der Waals surface area (Å²) in [7, 11) is 2.04. The maximum absolute atomic E-state index is 11.7. The largest absolute Gasteiger partial charge is 0.481 e. The summed E-state index contributed by atoms with van der Waals surface area (Å²) in [6.45, 7) is 4.51. The van der Waals surface area contributed by atoms with Gasteiger partial charge in [0.2, 0.25) is 5.69 Å². The number of carbonyl (C=O) groups is 1. The van der Waals surface area contributed by atoms with E-state index in [0.717, 1.165) is 55.5 Å². The molecule has 0 aromatic heterocycles. The Kier molecular flexibility index (Phi) is 6.87. The molecule has 6 nitrogen and oxygen atoms in total. The predicted octanol–water partition coefficient (Wildman–Crippen LogP) is 7.50. The molecule has 0 bridgehead atoms. The third kappa shape index (κ3) is 4.30. The van der Waals surface area contributed by atoms with E-state index < -0.39 is 16.8 Å². The molecule has 2 heterocycles. The van der Waals surface area contributed by atoms with Crippen molar-refractivity contribution in [2.24, 2.45) is 0 Å². The Bertz CT molecular complexity index is 1990. The maximum atomic E-state index is 11.7. The lowest BCUT2D eigenvalue weighted by Crippen LogP contribution is -2.31. The first kappa shape index (κ1) is 27.9. The van der Waals surface area contributed by atoms with Gasteiger partial charge in [-0.05, 0) is 59.2 Å². The number of nitrogens with zero attached hydrogens (tertiary/aromatic N) is 4. The third-order valence-corrected chi connectivity index (χ3v) is 9.28. The topological polar surface area (TPSA) is 91.1 Å². The van der Waals surface area contributed by atoms with Crippen LogP contribution in [0.1, 0.15) is 44.2 Å². The first-order valence-corrected chi connectivity index (χ1v) is 14.5. The molecular weight excluding hydrogens is 532 g/mol. The second kappa shape index (κ2) is 10.6. The molecule has 2 atom stereocenters. The van der Waals surface area contributed by atoms with E-state index in [1.807, 2.05) is 49.5 Å². The number of carboxylic acid groups (broad SMARTS) is 1. The van der Waals surface area contributed by atoms with E-state index in [9.17, 15) is 20.4 Å². The van der Waals surface area contributed by atoms with Gasteiger partial charge in [-0.3, -0.25) is 4.79 Å². The third-order valence-electron chi connectivity index (χ3n) is 9.28. The van der Waals surface area contributed by atoms with Crippen molar-refractivity contribution < 1.29 is 14.5 Å². The second-order valence-corrected chi connectivity index (χ2v) is 11.8. The van der Waals surface area contributed by atoms with E-state index >= 15 is 0 Å². The second-order valence-electron chi connectivity index (χ2n) is 11.8. The number of fused-ring (bicyclic) bond motifs is 6. The van der Waals surface area contributed by atoms with Crippen LogP contribution < -0.4 is 4.90 Å². The summed E-state index contributed by atoms with van der Waals surface area (Å²) >= 11 is 0. The number of benzene rings is 4. The normalized spacial score (nSPS) is 21.9. The zero-order valence-corrected chi connectivity index (χ0v) is 24.6. The number of rotatable bonds is 7. The van der Waals surface area contributed by atoms with Crippen LogP contribution in [-0.4, -0.2) is 35.0 Å². The van der Waals surface area contributed by atoms with Gasteiger partial charge in [0.25, 0.3) is 0 Å². The number of anilines is 1. The fraction of sp³-hybridized carbons (Fsp3) is 0.243. The van der Waals surface area contributed by atoms with Crippen LogP contribution in [0.5, 0.6) is 0 Å². The molecule has 0 saturated heterocycles. The number of nitriles is 2. The molecule has 212 valence electrons. The molecule has 4 aromatic carbocycles. The van der Waals surface area contributed by atoms with Gasteiger partial charge >= 0.3 is 5.97 Å². The Morgan fingerprint density at radius 3 is 2.14 bits per heavy atom. The number of carboxylic acids is 1. The summed E-state index contributed by atoms with van der Waals surface area (Å²) in [6, 6.07) is 29.6. The van der Waals surface area contributed by atoms with Gasteiger partial charge < -0.3 is 10.0 Å². The molecule has 6 rings (SSSR count). The lowest BCUT2D eigenvalue weighted by Gasteiger charge is -2.28. The smallest absolute Gasteiger partial charge is 0.305 e. The average molecular weight is 566 g/mol. The summed E-state index contributed by atoms with van der Waals surface area (Å²) in [5, 5.41) is 34.0. The van der Waals surface area contributed by atoms with E-state index in [4.69, 9.17) is 0 Å². The zero-order chi connectivity index (χ0) is 30.4. The van der Waals surface area contributed by atoms with Crippen molar-refractivity contribution >= 4 is 44.6 Å². The monoisotopic (exact) mass is 565 g/mol. The van der Waals surface area contributed by atoms with Gasteiger partial charge in [0.1, 0.15) is 7.05 Å². The fourth-order valence-corrected chi connectivity index (χ4v) is 7.29. The standard InChI is InChI=1S/C37H32N4O2/c1-36(20-22-38)31(40(3)29-17-15-25-9-4-6-11-27(25)34(29)36)13-8-14-32-37(2,21-23-39)35-28-12-7-5-10-26(28)16-18-30(35)41(32)24-19-33(42)43/h4-18H,19-21,24H2,1-3H3/p+1. The summed E-state index contributed by atoms with van der Waals surface area (Å²) in [6.07, 6.45) is 6.65. The summed E-state index contributed by atoms with van der Waals surface area (Å²) in [5.74, 6) is -0.869. The molecule has 2 aliphatic heterocycles. The van der Waals surface area contributed by atoms with Gasteiger partial charge in [0.15, 0.2) is 5.71 Å². The van der Waals surface area contributed by atoms with Crippen molar-refractivity contribution in [3.63, 3.8) is 0 Å². The van der Waals surface area contributed by atoms with Crippen molar-refractivity contribution in [2.75, 3.05) is 18.5 Å². The molecule has 0 saturated carbocycles. The van der Waals surface area contributed by atoms with Gasteiger partial charge in [-0.1, -0.05) is 60.7 Å². The minimum atomic E-state index is -0.869. The minimum Gasteiger partial charge on any atom is -0.481 e. The van der Waals surface area contributed by atoms with Gasteiger partial charge in [-0.15, -0.1) is 0 Å². The summed E-state index contributed by atoms with van der Waals surface area (Å²) < 4.78 is 2.17. The average Bonchev–Trinajstić information content (AvgIpc) is 3.36. The van der Waals surface area contributed by atoms with Gasteiger partial charge in [-0.2, -0.15) is 15.1 Å². The van der Waals surface area contributed by atoms with Crippen molar-refractivity contribution in [3.05, 3.63) is 108 Å². The van der Waals surface area contributed by atoms with Crippen LogP contribution in [0.3, 0.4) is 0 Å². The number of hydrogen-bond acceptors (Lipinski definition) is 4. The van der Waals surface area contributed by atoms with Crippen molar-refractivity contribution in [1.82, 2.24) is 0 Å². The van der Waals surface area contributed by atoms with E-state index in [0.29, 0.717) is 13.0 Å². The summed E-state index contributed by atoms with van der Waals surface area (Å²) in [4.78, 5) is 13.8. The van der Waals surface area contributed by atoms with Crippen LogP contribution in [-0.2, 0) is 15.6 Å². The van der Waals surface area contributed by atoms with E-state index in [2.05, 4.69) is 84.0 Å². The van der Waals surface area contributed by atoms with Gasteiger partial charge in [-0.25, -0.2) is 0 Å². The minimum absolute atomic E-state index is 0.0291. The molecule has 2 aliphatic rings. The van der Waals surface area contributed by atoms with Crippen LogP contribution >= 0.6 is 0 Å². The molecule has 0 spiro atoms. The molecule has 0 aliphatic carbocycles. The SMILES string of the molecule is C[N+]1=C(/C=C/C=C2/N(CCC(=O)O)c3ccc4ccccc4c3C2(C)CC#N)C(C)(CC#N)c2c1ccc1ccccc21. The highest BCUT2D eigenvalue weighted by atomic mass is 16.4. The Labute approximate surface area is 251 Å². The number of hydrogen-bond donors (Lipinski definition) is 1. The Morgan fingerprint density at radius 2 is 1.49 bits per heavy atom. The van der Waals surface area contributed by atoms with Crippen LogP contribution in [0.25, 0.3) is 21.5 Å². The Morgan fingerprint density at radius 1 is 0.884 bits per heavy atom. The van der Waals surface area contributed by atoms with Crippen molar-refractivity contribution in [2.45, 2.75) is 43.9 Å². The van der Waals surface area contributed by atoms with Crippen LogP contribution in [0.2, 0.25) is 0 Å². The molecular formula is C37H33N4O2+. The number of aliphatic carboxylic acids is 1. The lowest BCUT2D eigenvalue weighted by molar-refractivity contribution is -0.401. The van der Waals surface area contributed by atoms with E-state index in [1.54, 1.807) is 0 Å². The highest BCUT2D eigenvalue weighted by molar-refractivity contribution is 6.08. The van der Waals surface area contributed by atoms with Gasteiger partial charge in [0.05, 0.1) is 36.8 Å². The lowest BCUT2D eigenvalue weighted by atomic mass is 9.75. The molecule has 43 heavy (non-hydrogen) atoms. The summed E-state index contributed by atoms with van der Waals surface area (Å²) in [5.41, 5.74) is 4.96. The fourth-order valence-electron chi connectivity index (χ4n) is 7.29. The quantitative estimate of drug-likeness (QED) is 0.234. The first-order chi connectivity index (χ1) is 20.7. The maximum Gasteiger partial charge on any atom is 0.305 e. The van der Waals surface area contributed by atoms with Crippen LogP contribution in [0.15, 0.2) is 96.7 Å². The molecule has 6 heteroatoms. The highest BCUT2D eigenvalue weighted by Crippen LogP contribution is 2.53. The van der Waals surface area contributed by atoms with Gasteiger partial charge in [0, 0.05) is 41.1 Å². The molecule has 0 amide bonds. The molecule has 1 N–H and O–H groups in total. The first-order valence-electron chi connectivity index (χ1n) is 14.5.